The Labute approximate surface area is 139 Å². The fourth-order valence-corrected chi connectivity index (χ4v) is 3.55. The third kappa shape index (κ3) is 2.68. The molecule has 2 nitrogen and oxygen atoms in total. The SMILES string of the molecule is Brc1ccc2[nH]c3c(CC=CC4CO4)cc(Br)cc3c2c1. The molecule has 0 amide bonds. The Kier molecular flexibility index (Phi) is 3.40. The van der Waals surface area contributed by atoms with E-state index in [2.05, 4.69) is 79.3 Å². The van der Waals surface area contributed by atoms with Crippen LogP contribution in [-0.4, -0.2) is 17.7 Å². The van der Waals surface area contributed by atoms with Crippen molar-refractivity contribution in [2.24, 2.45) is 0 Å². The normalized spacial score (nSPS) is 18.1. The Bertz CT molecular complexity index is 862. The Morgan fingerprint density at radius 3 is 2.76 bits per heavy atom. The van der Waals surface area contributed by atoms with E-state index in [1.54, 1.807) is 0 Å². The summed E-state index contributed by atoms with van der Waals surface area (Å²) in [5.41, 5.74) is 3.68. The third-order valence-electron chi connectivity index (χ3n) is 3.76. The van der Waals surface area contributed by atoms with Gasteiger partial charge in [0, 0.05) is 25.2 Å². The molecule has 1 atom stereocenters. The number of ether oxygens (including phenoxy) is 1. The van der Waals surface area contributed by atoms with Crippen molar-refractivity contribution in [1.82, 2.24) is 4.98 Å². The molecule has 1 aliphatic rings. The van der Waals surface area contributed by atoms with Crippen LogP contribution in [0.1, 0.15) is 5.56 Å². The number of epoxide rings is 1. The molecule has 0 bridgehead atoms. The molecule has 1 aromatic heterocycles. The molecule has 1 unspecified atom stereocenters. The van der Waals surface area contributed by atoms with Gasteiger partial charge in [0.05, 0.1) is 18.2 Å². The molecule has 0 saturated carbocycles. The summed E-state index contributed by atoms with van der Waals surface area (Å²) >= 11 is 7.19. The molecule has 0 spiro atoms. The van der Waals surface area contributed by atoms with E-state index in [-0.39, 0.29) is 0 Å². The van der Waals surface area contributed by atoms with E-state index >= 15 is 0 Å². The van der Waals surface area contributed by atoms with E-state index in [4.69, 9.17) is 4.74 Å². The number of rotatable bonds is 3. The zero-order chi connectivity index (χ0) is 14.4. The fourth-order valence-electron chi connectivity index (χ4n) is 2.68. The van der Waals surface area contributed by atoms with Crippen LogP contribution in [-0.2, 0) is 11.2 Å². The number of fused-ring (bicyclic) bond motifs is 3. The summed E-state index contributed by atoms with van der Waals surface area (Å²) < 4.78 is 7.42. The largest absolute Gasteiger partial charge is 0.369 e. The molecule has 4 rings (SSSR count). The number of benzene rings is 2. The smallest absolute Gasteiger partial charge is 0.0991 e. The van der Waals surface area contributed by atoms with E-state index in [1.165, 1.54) is 27.4 Å². The molecule has 0 radical (unpaired) electrons. The van der Waals surface area contributed by atoms with E-state index in [0.717, 1.165) is 22.0 Å². The van der Waals surface area contributed by atoms with Gasteiger partial charge >= 0.3 is 0 Å². The zero-order valence-corrected chi connectivity index (χ0v) is 14.4. The van der Waals surface area contributed by atoms with Crippen molar-refractivity contribution in [3.8, 4) is 0 Å². The number of aromatic amines is 1. The van der Waals surface area contributed by atoms with Gasteiger partial charge in [-0.1, -0.05) is 44.0 Å². The highest BCUT2D eigenvalue weighted by molar-refractivity contribution is 9.10. The van der Waals surface area contributed by atoms with Crippen molar-refractivity contribution in [3.05, 3.63) is 57.0 Å². The second kappa shape index (κ2) is 5.27. The second-order valence-electron chi connectivity index (χ2n) is 5.31. The first-order valence-corrected chi connectivity index (χ1v) is 8.47. The van der Waals surface area contributed by atoms with Gasteiger partial charge in [-0.05, 0) is 42.3 Å². The van der Waals surface area contributed by atoms with E-state index in [9.17, 15) is 0 Å². The lowest BCUT2D eigenvalue weighted by Gasteiger charge is -2.02. The molecule has 0 aliphatic carbocycles. The van der Waals surface area contributed by atoms with Crippen molar-refractivity contribution >= 4 is 53.7 Å². The third-order valence-corrected chi connectivity index (χ3v) is 4.71. The standard InChI is InChI=1S/C17H13Br2NO/c18-11-4-5-16-14(7-11)15-8-12(19)6-10(17(15)20-16)2-1-3-13-9-21-13/h1,3-8,13,20H,2,9H2. The molecule has 2 heterocycles. The first-order chi connectivity index (χ1) is 10.2. The van der Waals surface area contributed by atoms with Gasteiger partial charge in [0.25, 0.3) is 0 Å². The van der Waals surface area contributed by atoms with Gasteiger partial charge in [0.15, 0.2) is 0 Å². The summed E-state index contributed by atoms with van der Waals surface area (Å²) in [6, 6.07) is 10.7. The predicted molar refractivity (Wildman–Crippen MR) is 93.8 cm³/mol. The predicted octanol–water partition coefficient (Wildman–Crippen LogP) is 5.34. The molecule has 21 heavy (non-hydrogen) atoms. The van der Waals surface area contributed by atoms with Gasteiger partial charge in [-0.15, -0.1) is 0 Å². The van der Waals surface area contributed by atoms with Crippen molar-refractivity contribution < 1.29 is 4.74 Å². The molecule has 1 aliphatic heterocycles. The first-order valence-electron chi connectivity index (χ1n) is 6.88. The summed E-state index contributed by atoms with van der Waals surface area (Å²) in [7, 11) is 0. The van der Waals surface area contributed by atoms with Gasteiger partial charge in [-0.2, -0.15) is 0 Å². The van der Waals surface area contributed by atoms with Crippen LogP contribution in [0.15, 0.2) is 51.4 Å². The minimum atomic E-state index is 0.339. The summed E-state index contributed by atoms with van der Waals surface area (Å²) in [6.07, 6.45) is 5.59. The maximum atomic E-state index is 5.21. The Morgan fingerprint density at radius 2 is 1.95 bits per heavy atom. The van der Waals surface area contributed by atoms with Gasteiger partial charge in [-0.25, -0.2) is 0 Å². The molecule has 3 aromatic rings. The lowest BCUT2D eigenvalue weighted by atomic mass is 10.1. The highest BCUT2D eigenvalue weighted by Gasteiger charge is 2.17. The van der Waals surface area contributed by atoms with E-state index in [1.807, 2.05) is 0 Å². The van der Waals surface area contributed by atoms with Gasteiger partial charge in [-0.3, -0.25) is 0 Å². The number of H-pyrrole nitrogens is 1. The van der Waals surface area contributed by atoms with Crippen LogP contribution in [0.4, 0.5) is 0 Å². The molecule has 106 valence electrons. The molecule has 1 fully saturated rings. The quantitative estimate of drug-likeness (QED) is 0.461. The topological polar surface area (TPSA) is 28.3 Å². The zero-order valence-electron chi connectivity index (χ0n) is 11.2. The van der Waals surface area contributed by atoms with Crippen molar-refractivity contribution in [2.45, 2.75) is 12.5 Å². The van der Waals surface area contributed by atoms with Crippen LogP contribution in [0, 0.1) is 0 Å². The maximum absolute atomic E-state index is 5.21. The lowest BCUT2D eigenvalue weighted by Crippen LogP contribution is -1.86. The number of nitrogens with one attached hydrogen (secondary N) is 1. The van der Waals surface area contributed by atoms with E-state index in [0.29, 0.717) is 6.10 Å². The molecule has 2 aromatic carbocycles. The average Bonchev–Trinajstić information content (AvgIpc) is 3.20. The number of halogens is 2. The summed E-state index contributed by atoms with van der Waals surface area (Å²) in [4.78, 5) is 3.55. The number of hydrogen-bond acceptors (Lipinski definition) is 1. The van der Waals surface area contributed by atoms with Crippen LogP contribution >= 0.6 is 31.9 Å². The Hall–Kier alpha value is -1.10. The van der Waals surface area contributed by atoms with Crippen LogP contribution in [0.2, 0.25) is 0 Å². The highest BCUT2D eigenvalue weighted by Crippen LogP contribution is 2.32. The lowest BCUT2D eigenvalue weighted by molar-refractivity contribution is 0.440. The molecule has 4 heteroatoms. The van der Waals surface area contributed by atoms with Gasteiger partial charge < -0.3 is 9.72 Å². The van der Waals surface area contributed by atoms with Crippen molar-refractivity contribution in [2.75, 3.05) is 6.61 Å². The number of aromatic nitrogens is 1. The second-order valence-corrected chi connectivity index (χ2v) is 7.14. The monoisotopic (exact) mass is 405 g/mol. The van der Waals surface area contributed by atoms with Crippen LogP contribution in [0.25, 0.3) is 21.8 Å². The summed E-state index contributed by atoms with van der Waals surface area (Å²) in [6.45, 7) is 0.866. The highest BCUT2D eigenvalue weighted by atomic mass is 79.9. The fraction of sp³-hybridized carbons (Fsp3) is 0.176. The minimum Gasteiger partial charge on any atom is -0.369 e. The molecular formula is C17H13Br2NO. The molecule has 1 N–H and O–H groups in total. The molecule has 1 saturated heterocycles. The summed E-state index contributed by atoms with van der Waals surface area (Å²) in [5.74, 6) is 0. The Balaban J connectivity index is 1.86. The summed E-state index contributed by atoms with van der Waals surface area (Å²) in [5, 5.41) is 2.50. The van der Waals surface area contributed by atoms with Crippen LogP contribution in [0.3, 0.4) is 0 Å². The van der Waals surface area contributed by atoms with Crippen LogP contribution in [0.5, 0.6) is 0 Å². The van der Waals surface area contributed by atoms with Crippen LogP contribution < -0.4 is 0 Å². The molecular weight excluding hydrogens is 394 g/mol. The number of hydrogen-bond donors (Lipinski definition) is 1. The minimum absolute atomic E-state index is 0.339. The van der Waals surface area contributed by atoms with E-state index < -0.39 is 0 Å². The van der Waals surface area contributed by atoms with Crippen molar-refractivity contribution in [3.63, 3.8) is 0 Å². The Morgan fingerprint density at radius 1 is 1.14 bits per heavy atom. The maximum Gasteiger partial charge on any atom is 0.0991 e. The number of allylic oxidation sites excluding steroid dienone is 1. The average molecular weight is 407 g/mol. The van der Waals surface area contributed by atoms with Gasteiger partial charge in [0.1, 0.15) is 0 Å². The van der Waals surface area contributed by atoms with Crippen molar-refractivity contribution in [1.29, 1.82) is 0 Å². The first kappa shape index (κ1) is 13.6. The van der Waals surface area contributed by atoms with Gasteiger partial charge in [0.2, 0.25) is 0 Å².